The maximum Gasteiger partial charge on any atom is 0.341 e. The molecule has 3 aromatic rings. The van der Waals surface area contributed by atoms with Crippen molar-refractivity contribution in [2.24, 2.45) is 0 Å². The fraction of sp³-hybridized carbons (Fsp3) is 0.417. The van der Waals surface area contributed by atoms with Crippen molar-refractivity contribution in [3.05, 3.63) is 53.8 Å². The van der Waals surface area contributed by atoms with E-state index in [9.17, 15) is 8.42 Å². The van der Waals surface area contributed by atoms with Gasteiger partial charge in [-0.1, -0.05) is 65.3 Å². The number of aryl methyl sites for hydroxylation is 1. The Kier molecular flexibility index (Phi) is 8.03. The molecule has 33 heavy (non-hydrogen) atoms. The standard InChI is InChI=1S/C24H27BrClIN2O3S/c1-11(2)15-8-16(12(3)4)23(17(9-15)13(5)6)33(30,31)32-24-18-10-19(27)20(25)21(26)22(18)28-14(7)29-24/h8-13H,1-7H3. The zero-order valence-corrected chi connectivity index (χ0v) is 24.9. The van der Waals surface area contributed by atoms with E-state index in [-0.39, 0.29) is 28.5 Å². The number of nitrogens with zero attached hydrogens (tertiary/aromatic N) is 2. The normalized spacial score (nSPS) is 12.4. The summed E-state index contributed by atoms with van der Waals surface area (Å²) >= 11 is 12.1. The van der Waals surface area contributed by atoms with Crippen LogP contribution in [0.25, 0.3) is 10.9 Å². The Labute approximate surface area is 223 Å². The summed E-state index contributed by atoms with van der Waals surface area (Å²) in [5.41, 5.74) is 3.03. The van der Waals surface area contributed by atoms with Crippen molar-refractivity contribution < 1.29 is 12.6 Å². The first-order valence-corrected chi connectivity index (χ1v) is 14.3. The lowest BCUT2D eigenvalue weighted by molar-refractivity contribution is 0.474. The maximum absolute atomic E-state index is 13.8. The lowest BCUT2D eigenvalue weighted by Crippen LogP contribution is -2.18. The molecule has 0 unspecified atom stereocenters. The topological polar surface area (TPSA) is 69.2 Å². The minimum Gasteiger partial charge on any atom is -0.357 e. The van der Waals surface area contributed by atoms with Crippen molar-refractivity contribution in [2.75, 3.05) is 0 Å². The van der Waals surface area contributed by atoms with Crippen LogP contribution in [-0.4, -0.2) is 18.4 Å². The van der Waals surface area contributed by atoms with Gasteiger partial charge in [0.1, 0.15) is 10.7 Å². The molecule has 1 heterocycles. The Bertz CT molecular complexity index is 1310. The van der Waals surface area contributed by atoms with E-state index < -0.39 is 10.1 Å². The van der Waals surface area contributed by atoms with E-state index in [2.05, 4.69) is 62.3 Å². The molecular weight excluding hydrogens is 639 g/mol. The number of fused-ring (bicyclic) bond motifs is 1. The highest BCUT2D eigenvalue weighted by molar-refractivity contribution is 14.1. The third-order valence-electron chi connectivity index (χ3n) is 5.42. The van der Waals surface area contributed by atoms with E-state index in [1.807, 2.05) is 39.8 Å². The van der Waals surface area contributed by atoms with Gasteiger partial charge in [-0.3, -0.25) is 0 Å². The molecule has 0 atom stereocenters. The van der Waals surface area contributed by atoms with Crippen molar-refractivity contribution in [2.45, 2.75) is 71.1 Å². The molecule has 2 aromatic carbocycles. The quantitative estimate of drug-likeness (QED) is 0.151. The lowest BCUT2D eigenvalue weighted by Gasteiger charge is -2.22. The van der Waals surface area contributed by atoms with Crippen LogP contribution in [0.5, 0.6) is 5.88 Å². The average molecular weight is 666 g/mol. The molecule has 1 aromatic heterocycles. The van der Waals surface area contributed by atoms with Gasteiger partial charge in [0.15, 0.2) is 0 Å². The van der Waals surface area contributed by atoms with Crippen LogP contribution in [0.1, 0.15) is 81.8 Å². The highest BCUT2D eigenvalue weighted by Gasteiger charge is 2.30. The predicted molar refractivity (Wildman–Crippen MR) is 146 cm³/mol. The molecule has 0 radical (unpaired) electrons. The summed E-state index contributed by atoms with van der Waals surface area (Å²) in [5, 5.41) is 0.828. The molecule has 9 heteroatoms. The summed E-state index contributed by atoms with van der Waals surface area (Å²) in [7, 11) is -4.20. The van der Waals surface area contributed by atoms with E-state index >= 15 is 0 Å². The maximum atomic E-state index is 13.8. The molecule has 0 aliphatic heterocycles. The second kappa shape index (κ2) is 9.95. The van der Waals surface area contributed by atoms with Crippen LogP contribution < -0.4 is 4.18 Å². The van der Waals surface area contributed by atoms with Crippen LogP contribution in [0.2, 0.25) is 5.02 Å². The van der Waals surface area contributed by atoms with E-state index in [0.29, 0.717) is 26.2 Å². The van der Waals surface area contributed by atoms with Gasteiger partial charge in [0.25, 0.3) is 0 Å². The number of hydrogen-bond donors (Lipinski definition) is 0. The van der Waals surface area contributed by atoms with Gasteiger partial charge in [-0.05, 0) is 86.0 Å². The van der Waals surface area contributed by atoms with Crippen molar-refractivity contribution in [1.82, 2.24) is 9.97 Å². The Morgan fingerprint density at radius 2 is 1.52 bits per heavy atom. The molecule has 0 saturated carbocycles. The number of hydrogen-bond acceptors (Lipinski definition) is 5. The molecule has 3 rings (SSSR count). The van der Waals surface area contributed by atoms with Crippen molar-refractivity contribution in [1.29, 1.82) is 0 Å². The van der Waals surface area contributed by atoms with E-state index in [1.54, 1.807) is 13.0 Å². The number of halogens is 3. The average Bonchev–Trinajstić information content (AvgIpc) is 2.71. The van der Waals surface area contributed by atoms with Gasteiger partial charge in [-0.25, -0.2) is 4.98 Å². The molecule has 178 valence electrons. The highest BCUT2D eigenvalue weighted by atomic mass is 127. The second-order valence-electron chi connectivity index (χ2n) is 8.99. The van der Waals surface area contributed by atoms with Gasteiger partial charge < -0.3 is 4.18 Å². The number of rotatable bonds is 6. The van der Waals surface area contributed by atoms with Gasteiger partial charge in [-0.2, -0.15) is 13.4 Å². The third-order valence-corrected chi connectivity index (χ3v) is 9.78. The summed E-state index contributed by atoms with van der Waals surface area (Å²) in [4.78, 5) is 8.96. The van der Waals surface area contributed by atoms with Crippen LogP contribution >= 0.6 is 50.1 Å². The van der Waals surface area contributed by atoms with Crippen LogP contribution in [0.15, 0.2) is 27.6 Å². The molecule has 0 fully saturated rings. The van der Waals surface area contributed by atoms with Gasteiger partial charge >= 0.3 is 10.1 Å². The van der Waals surface area contributed by atoms with Crippen molar-refractivity contribution in [3.63, 3.8) is 0 Å². The fourth-order valence-electron chi connectivity index (χ4n) is 3.64. The SMILES string of the molecule is Cc1nc(OS(=O)(=O)c2c(C(C)C)cc(C(C)C)cc2C(C)C)c2cc(I)c(Br)c(Cl)c2n1. The Balaban J connectivity index is 2.30. The second-order valence-corrected chi connectivity index (χ2v) is 12.8. The molecule has 0 aliphatic carbocycles. The Hall–Kier alpha value is -0.970. The van der Waals surface area contributed by atoms with Crippen LogP contribution in [0, 0.1) is 10.5 Å². The van der Waals surface area contributed by atoms with Gasteiger partial charge in [0.05, 0.1) is 20.4 Å². The highest BCUT2D eigenvalue weighted by Crippen LogP contribution is 2.40. The molecule has 0 spiro atoms. The monoisotopic (exact) mass is 664 g/mol. The first kappa shape index (κ1) is 26.6. The smallest absolute Gasteiger partial charge is 0.341 e. The van der Waals surface area contributed by atoms with Gasteiger partial charge in [0.2, 0.25) is 5.88 Å². The Morgan fingerprint density at radius 1 is 0.970 bits per heavy atom. The fourth-order valence-corrected chi connectivity index (χ4v) is 6.51. The molecule has 0 bridgehead atoms. The van der Waals surface area contributed by atoms with Crippen LogP contribution in [0.3, 0.4) is 0 Å². The summed E-state index contributed by atoms with van der Waals surface area (Å²) < 4.78 is 34.8. The van der Waals surface area contributed by atoms with Crippen molar-refractivity contribution >= 4 is 71.1 Å². The van der Waals surface area contributed by atoms with E-state index in [1.165, 1.54) is 0 Å². The van der Waals surface area contributed by atoms with Crippen LogP contribution in [-0.2, 0) is 10.1 Å². The molecule has 0 saturated heterocycles. The molecular formula is C24H27BrClIN2O3S. The van der Waals surface area contributed by atoms with Crippen LogP contribution in [0.4, 0.5) is 0 Å². The zero-order valence-electron chi connectivity index (χ0n) is 19.6. The summed E-state index contributed by atoms with van der Waals surface area (Å²) in [6.45, 7) is 13.9. The minimum atomic E-state index is -4.20. The summed E-state index contributed by atoms with van der Waals surface area (Å²) in [6.07, 6.45) is 0. The first-order chi connectivity index (χ1) is 15.2. The van der Waals surface area contributed by atoms with Gasteiger partial charge in [-0.15, -0.1) is 0 Å². The largest absolute Gasteiger partial charge is 0.357 e. The van der Waals surface area contributed by atoms with E-state index in [4.69, 9.17) is 15.8 Å². The van der Waals surface area contributed by atoms with Crippen molar-refractivity contribution in [3.8, 4) is 5.88 Å². The molecule has 5 nitrogen and oxygen atoms in total. The first-order valence-electron chi connectivity index (χ1n) is 10.7. The Morgan fingerprint density at radius 3 is 2.00 bits per heavy atom. The summed E-state index contributed by atoms with van der Waals surface area (Å²) in [5.74, 6) is 0.594. The zero-order chi connectivity index (χ0) is 24.8. The number of aromatic nitrogens is 2. The van der Waals surface area contributed by atoms with E-state index in [0.717, 1.165) is 20.3 Å². The third kappa shape index (κ3) is 5.33. The summed E-state index contributed by atoms with van der Waals surface area (Å²) in [6, 6.07) is 5.74. The minimum absolute atomic E-state index is 0.00944. The predicted octanol–water partition coefficient (Wildman–Crippen LogP) is 8.10. The number of benzene rings is 2. The lowest BCUT2D eigenvalue weighted by atomic mass is 9.89. The molecule has 0 aliphatic rings. The molecule has 0 amide bonds. The van der Waals surface area contributed by atoms with Gasteiger partial charge in [0, 0.05) is 3.57 Å². The molecule has 0 N–H and O–H groups in total.